The smallest absolute Gasteiger partial charge is 0.243 e. The predicted molar refractivity (Wildman–Crippen MR) is 114 cm³/mol. The molecule has 27 heavy (non-hydrogen) atoms. The van der Waals surface area contributed by atoms with E-state index in [1.807, 2.05) is 37.3 Å². The summed E-state index contributed by atoms with van der Waals surface area (Å²) in [6.45, 7) is 4.03. The highest BCUT2D eigenvalue weighted by molar-refractivity contribution is 7.98. The average molecular weight is 407 g/mol. The molecule has 0 aliphatic carbocycles. The summed E-state index contributed by atoms with van der Waals surface area (Å²) in [5, 5.41) is 2.84. The molecule has 0 saturated heterocycles. The summed E-state index contributed by atoms with van der Waals surface area (Å²) in [6, 6.07) is 16.4. The second kappa shape index (κ2) is 9.80. The van der Waals surface area contributed by atoms with Gasteiger partial charge in [-0.1, -0.05) is 48.0 Å². The van der Waals surface area contributed by atoms with Crippen molar-refractivity contribution in [3.63, 3.8) is 0 Å². The van der Waals surface area contributed by atoms with Gasteiger partial charge in [0.2, 0.25) is 15.9 Å². The van der Waals surface area contributed by atoms with Gasteiger partial charge in [0.05, 0.1) is 11.9 Å². The molecule has 1 N–H and O–H groups in total. The zero-order valence-electron chi connectivity index (χ0n) is 15.9. The average Bonchev–Trinajstić information content (AvgIpc) is 2.62. The van der Waals surface area contributed by atoms with E-state index in [1.54, 1.807) is 30.8 Å². The molecular formula is C20H26N2O3S2. The molecule has 5 nitrogen and oxygen atoms in total. The summed E-state index contributed by atoms with van der Waals surface area (Å²) in [6.07, 6.45) is 1.12. The Morgan fingerprint density at radius 2 is 1.74 bits per heavy atom. The van der Waals surface area contributed by atoms with Gasteiger partial charge in [-0.05, 0) is 31.5 Å². The number of rotatable bonds is 9. The van der Waals surface area contributed by atoms with Crippen LogP contribution in [0, 0.1) is 6.92 Å². The third-order valence-electron chi connectivity index (χ3n) is 4.03. The Labute approximate surface area is 166 Å². The lowest BCUT2D eigenvalue weighted by atomic mass is 10.2. The highest BCUT2D eigenvalue weighted by Crippen LogP contribution is 2.21. The van der Waals surface area contributed by atoms with Crippen molar-refractivity contribution >= 4 is 33.4 Å². The van der Waals surface area contributed by atoms with E-state index in [9.17, 15) is 13.2 Å². The van der Waals surface area contributed by atoms with Crippen molar-refractivity contribution in [2.24, 2.45) is 0 Å². The SMILES string of the molecule is Cc1ccc(N([C@H](C)C(=O)NCCSCc2ccccc2)S(C)(=O)=O)cc1. The predicted octanol–water partition coefficient (Wildman–Crippen LogP) is 3.20. The van der Waals surface area contributed by atoms with E-state index >= 15 is 0 Å². The first-order chi connectivity index (χ1) is 12.8. The number of carbonyl (C=O) groups is 1. The van der Waals surface area contributed by atoms with Crippen LogP contribution in [0.5, 0.6) is 0 Å². The summed E-state index contributed by atoms with van der Waals surface area (Å²) in [5.74, 6) is 1.34. The maximum absolute atomic E-state index is 12.5. The van der Waals surface area contributed by atoms with Crippen LogP contribution < -0.4 is 9.62 Å². The molecule has 1 amide bonds. The fourth-order valence-corrected chi connectivity index (χ4v) is 4.65. The minimum atomic E-state index is -3.58. The van der Waals surface area contributed by atoms with E-state index in [2.05, 4.69) is 17.4 Å². The lowest BCUT2D eigenvalue weighted by molar-refractivity contribution is -0.121. The van der Waals surface area contributed by atoms with E-state index in [4.69, 9.17) is 0 Å². The third-order valence-corrected chi connectivity index (χ3v) is 6.31. The van der Waals surface area contributed by atoms with Gasteiger partial charge in [0, 0.05) is 18.1 Å². The number of benzene rings is 2. The number of thioether (sulfide) groups is 1. The van der Waals surface area contributed by atoms with Crippen molar-refractivity contribution in [2.75, 3.05) is 22.9 Å². The largest absolute Gasteiger partial charge is 0.353 e. The number of sulfonamides is 1. The zero-order valence-corrected chi connectivity index (χ0v) is 17.5. The Kier molecular flexibility index (Phi) is 7.74. The van der Waals surface area contributed by atoms with Gasteiger partial charge in [0.25, 0.3) is 0 Å². The molecule has 2 aromatic rings. The van der Waals surface area contributed by atoms with Crippen molar-refractivity contribution in [3.05, 3.63) is 65.7 Å². The molecule has 0 aromatic heterocycles. The molecule has 2 rings (SSSR count). The molecular weight excluding hydrogens is 380 g/mol. The summed E-state index contributed by atoms with van der Waals surface area (Å²) < 4.78 is 25.6. The second-order valence-corrected chi connectivity index (χ2v) is 9.36. The lowest BCUT2D eigenvalue weighted by Gasteiger charge is -2.28. The molecule has 1 atom stereocenters. The molecule has 0 saturated carbocycles. The Hall–Kier alpha value is -1.99. The molecule has 0 spiro atoms. The molecule has 2 aromatic carbocycles. The van der Waals surface area contributed by atoms with Gasteiger partial charge < -0.3 is 5.32 Å². The van der Waals surface area contributed by atoms with Gasteiger partial charge in [-0.15, -0.1) is 0 Å². The van der Waals surface area contributed by atoms with Crippen LogP contribution in [-0.2, 0) is 20.6 Å². The van der Waals surface area contributed by atoms with E-state index in [0.29, 0.717) is 12.2 Å². The van der Waals surface area contributed by atoms with Gasteiger partial charge in [-0.25, -0.2) is 8.42 Å². The van der Waals surface area contributed by atoms with Gasteiger partial charge in [-0.3, -0.25) is 9.10 Å². The summed E-state index contributed by atoms with van der Waals surface area (Å²) >= 11 is 1.73. The van der Waals surface area contributed by atoms with Crippen LogP contribution in [0.25, 0.3) is 0 Å². The number of hydrogen-bond acceptors (Lipinski definition) is 4. The molecule has 0 radical (unpaired) electrons. The summed E-state index contributed by atoms with van der Waals surface area (Å²) in [5.41, 5.74) is 2.76. The van der Waals surface area contributed by atoms with E-state index in [1.165, 1.54) is 9.87 Å². The standard InChI is InChI=1S/C20H26N2O3S2/c1-16-9-11-19(12-10-16)22(27(3,24)25)17(2)20(23)21-13-14-26-15-18-7-5-4-6-8-18/h4-12,17H,13-15H2,1-3H3,(H,21,23)/t17-/m1/s1. The van der Waals surface area contributed by atoms with Crippen molar-refractivity contribution in [1.29, 1.82) is 0 Å². The maximum Gasteiger partial charge on any atom is 0.243 e. The lowest BCUT2D eigenvalue weighted by Crippen LogP contribution is -2.48. The van der Waals surface area contributed by atoms with Crippen LogP contribution in [-0.4, -0.2) is 38.9 Å². The van der Waals surface area contributed by atoms with E-state index in [0.717, 1.165) is 23.3 Å². The van der Waals surface area contributed by atoms with Crippen LogP contribution in [0.4, 0.5) is 5.69 Å². The Balaban J connectivity index is 1.90. The molecule has 0 aliphatic rings. The molecule has 0 bridgehead atoms. The number of hydrogen-bond donors (Lipinski definition) is 1. The van der Waals surface area contributed by atoms with Crippen LogP contribution in [0.1, 0.15) is 18.1 Å². The van der Waals surface area contributed by atoms with Crippen LogP contribution in [0.3, 0.4) is 0 Å². The van der Waals surface area contributed by atoms with E-state index < -0.39 is 16.1 Å². The Morgan fingerprint density at radius 3 is 2.33 bits per heavy atom. The monoisotopic (exact) mass is 406 g/mol. The maximum atomic E-state index is 12.5. The summed E-state index contributed by atoms with van der Waals surface area (Å²) in [4.78, 5) is 12.5. The molecule has 0 fully saturated rings. The number of amides is 1. The third kappa shape index (κ3) is 6.59. The molecule has 0 heterocycles. The number of aryl methyl sites for hydroxylation is 1. The first kappa shape index (κ1) is 21.3. The fraction of sp³-hybridized carbons (Fsp3) is 0.350. The Bertz CT molecular complexity index is 837. The topological polar surface area (TPSA) is 66.5 Å². The minimum absolute atomic E-state index is 0.304. The highest BCUT2D eigenvalue weighted by atomic mass is 32.2. The van der Waals surface area contributed by atoms with Crippen LogP contribution in [0.2, 0.25) is 0 Å². The molecule has 146 valence electrons. The van der Waals surface area contributed by atoms with Gasteiger partial charge in [-0.2, -0.15) is 11.8 Å². The van der Waals surface area contributed by atoms with Crippen molar-refractivity contribution in [2.45, 2.75) is 25.6 Å². The number of anilines is 1. The van der Waals surface area contributed by atoms with Crippen LogP contribution in [0.15, 0.2) is 54.6 Å². The van der Waals surface area contributed by atoms with Gasteiger partial charge in [0.15, 0.2) is 0 Å². The highest BCUT2D eigenvalue weighted by Gasteiger charge is 2.28. The number of nitrogens with zero attached hydrogens (tertiary/aromatic N) is 1. The van der Waals surface area contributed by atoms with Gasteiger partial charge >= 0.3 is 0 Å². The summed E-state index contributed by atoms with van der Waals surface area (Å²) in [7, 11) is -3.58. The second-order valence-electron chi connectivity index (χ2n) is 6.40. The van der Waals surface area contributed by atoms with Gasteiger partial charge in [0.1, 0.15) is 6.04 Å². The first-order valence-electron chi connectivity index (χ1n) is 8.74. The normalized spacial score (nSPS) is 12.4. The minimum Gasteiger partial charge on any atom is -0.353 e. The first-order valence-corrected chi connectivity index (χ1v) is 11.7. The molecule has 0 aliphatic heterocycles. The molecule has 7 heteroatoms. The zero-order chi connectivity index (χ0) is 19.9. The Morgan fingerprint density at radius 1 is 1.11 bits per heavy atom. The van der Waals surface area contributed by atoms with Crippen molar-refractivity contribution in [1.82, 2.24) is 5.32 Å². The molecule has 0 unspecified atom stereocenters. The van der Waals surface area contributed by atoms with Crippen LogP contribution >= 0.6 is 11.8 Å². The number of carbonyl (C=O) groups excluding carboxylic acids is 1. The van der Waals surface area contributed by atoms with E-state index in [-0.39, 0.29) is 5.91 Å². The van der Waals surface area contributed by atoms with Crippen molar-refractivity contribution < 1.29 is 13.2 Å². The fourth-order valence-electron chi connectivity index (χ4n) is 2.66. The number of nitrogens with one attached hydrogen (secondary N) is 1. The quantitative estimate of drug-likeness (QED) is 0.650. The van der Waals surface area contributed by atoms with Crippen molar-refractivity contribution in [3.8, 4) is 0 Å².